The summed E-state index contributed by atoms with van der Waals surface area (Å²) in [6, 6.07) is 13.0. The smallest absolute Gasteiger partial charge is 0.338 e. The van der Waals surface area contributed by atoms with Crippen LogP contribution in [0.5, 0.6) is 0 Å². The van der Waals surface area contributed by atoms with Gasteiger partial charge in [-0.15, -0.1) is 0 Å². The first-order valence-electron chi connectivity index (χ1n) is 13.1. The molecule has 2 unspecified atom stereocenters. The molecule has 8 heteroatoms. The summed E-state index contributed by atoms with van der Waals surface area (Å²) in [5.74, 6) is -0.616. The predicted octanol–water partition coefficient (Wildman–Crippen LogP) is 3.06. The van der Waals surface area contributed by atoms with E-state index in [1.54, 1.807) is 12.4 Å². The minimum Gasteiger partial charge on any atom is -0.364 e. The summed E-state index contributed by atoms with van der Waals surface area (Å²) < 4.78 is -0.249. The number of carbonyl (C=O) groups is 2. The number of hydrogen-bond acceptors (Lipinski definition) is 5. The van der Waals surface area contributed by atoms with Crippen molar-refractivity contribution in [3.63, 3.8) is 0 Å². The first-order valence-corrected chi connectivity index (χ1v) is 13.5. The van der Waals surface area contributed by atoms with Crippen molar-refractivity contribution in [1.29, 1.82) is 0 Å². The van der Waals surface area contributed by atoms with Gasteiger partial charge in [-0.3, -0.25) is 9.78 Å². The molecule has 1 saturated heterocycles. The summed E-state index contributed by atoms with van der Waals surface area (Å²) in [4.78, 5) is 32.0. The largest absolute Gasteiger partial charge is 0.364 e. The molecule has 2 aromatic rings. The molecule has 2 aliphatic rings. The van der Waals surface area contributed by atoms with Gasteiger partial charge in [0, 0.05) is 44.1 Å². The number of aliphatic hydroxyl groups is 1. The van der Waals surface area contributed by atoms with Crippen LogP contribution < -0.4 is 10.6 Å². The Morgan fingerprint density at radius 1 is 0.972 bits per heavy atom. The normalized spacial score (nSPS) is 19.2. The molecule has 2 heterocycles. The number of likely N-dealkylation sites (tertiary alicyclic amines) is 1. The van der Waals surface area contributed by atoms with Crippen LogP contribution in [0.25, 0.3) is 0 Å². The molecule has 36 heavy (non-hydrogen) atoms. The van der Waals surface area contributed by atoms with Gasteiger partial charge in [-0.2, -0.15) is 0 Å². The molecule has 2 fully saturated rings. The molecule has 7 nitrogen and oxygen atoms in total. The lowest BCUT2D eigenvalue weighted by molar-refractivity contribution is -0.881. The van der Waals surface area contributed by atoms with Gasteiger partial charge in [-0.25, -0.2) is 9.28 Å². The zero-order valence-corrected chi connectivity index (χ0v) is 21.6. The third-order valence-electron chi connectivity index (χ3n) is 7.49. The second-order valence-corrected chi connectivity index (χ2v) is 10.6. The van der Waals surface area contributed by atoms with E-state index in [-0.39, 0.29) is 16.4 Å². The van der Waals surface area contributed by atoms with E-state index in [1.807, 2.05) is 42.5 Å². The topological polar surface area (TPSA) is 91.3 Å². The number of carbonyl (C=O) groups excluding carboxylic acids is 2. The molecular weight excluding hydrogens is 472 g/mol. The number of thiocarbonyl (C=S) groups is 1. The third kappa shape index (κ3) is 6.55. The highest BCUT2D eigenvalue weighted by Crippen LogP contribution is 2.27. The molecule has 0 radical (unpaired) electrons. The lowest BCUT2D eigenvalue weighted by Crippen LogP contribution is -2.67. The molecule has 1 aromatic heterocycles. The highest BCUT2D eigenvalue weighted by molar-refractivity contribution is 7.80. The van der Waals surface area contributed by atoms with Crippen molar-refractivity contribution in [3.05, 3.63) is 66.0 Å². The van der Waals surface area contributed by atoms with Crippen molar-refractivity contribution >= 4 is 29.0 Å². The SMILES string of the molecule is O=C(NC1CCCCC1)C(O)[N+]1(C(=O)C(Cc2ccccc2)NC(=S)Cc2ccncc2)CCCC1. The van der Waals surface area contributed by atoms with Crippen LogP contribution in [-0.4, -0.2) is 62.8 Å². The van der Waals surface area contributed by atoms with Gasteiger partial charge >= 0.3 is 11.8 Å². The molecule has 1 aromatic carbocycles. The summed E-state index contributed by atoms with van der Waals surface area (Å²) in [7, 11) is 0. The van der Waals surface area contributed by atoms with Crippen molar-refractivity contribution in [2.24, 2.45) is 0 Å². The minimum absolute atomic E-state index is 0.0739. The molecule has 2 atom stereocenters. The van der Waals surface area contributed by atoms with Gasteiger partial charge in [0.05, 0.1) is 18.1 Å². The van der Waals surface area contributed by atoms with E-state index in [4.69, 9.17) is 12.2 Å². The monoisotopic (exact) mass is 509 g/mol. The molecule has 1 aliphatic heterocycles. The highest BCUT2D eigenvalue weighted by atomic mass is 32.1. The number of aliphatic hydroxyl groups excluding tert-OH is 1. The Kier molecular flexibility index (Phi) is 9.18. The zero-order chi connectivity index (χ0) is 25.4. The Bertz CT molecular complexity index is 1020. The minimum atomic E-state index is -1.42. The first-order chi connectivity index (χ1) is 17.5. The van der Waals surface area contributed by atoms with Crippen LogP contribution >= 0.6 is 12.2 Å². The van der Waals surface area contributed by atoms with Gasteiger partial charge in [-0.05, 0) is 36.1 Å². The van der Waals surface area contributed by atoms with Gasteiger partial charge in [0.15, 0.2) is 0 Å². The van der Waals surface area contributed by atoms with Crippen molar-refractivity contribution in [3.8, 4) is 0 Å². The Labute approximate surface area is 218 Å². The van der Waals surface area contributed by atoms with E-state index in [9.17, 15) is 14.7 Å². The van der Waals surface area contributed by atoms with E-state index in [2.05, 4.69) is 15.6 Å². The van der Waals surface area contributed by atoms with E-state index in [0.717, 1.165) is 49.7 Å². The molecule has 1 aliphatic carbocycles. The summed E-state index contributed by atoms with van der Waals surface area (Å²) in [6.07, 6.45) is 9.70. The molecule has 0 spiro atoms. The molecule has 3 N–H and O–H groups in total. The summed E-state index contributed by atoms with van der Waals surface area (Å²) in [6.45, 7) is 0.893. The molecular formula is C28H37N4O3S+. The summed E-state index contributed by atoms with van der Waals surface area (Å²) in [5, 5.41) is 17.6. The van der Waals surface area contributed by atoms with E-state index in [0.29, 0.717) is 30.9 Å². The number of hydrogen-bond donors (Lipinski definition) is 3. The number of nitrogens with one attached hydrogen (secondary N) is 2. The van der Waals surface area contributed by atoms with Crippen molar-refractivity contribution in [1.82, 2.24) is 15.6 Å². The number of quaternary nitrogens is 1. The predicted molar refractivity (Wildman–Crippen MR) is 143 cm³/mol. The van der Waals surface area contributed by atoms with Crippen molar-refractivity contribution < 1.29 is 19.2 Å². The van der Waals surface area contributed by atoms with Crippen LogP contribution in [-0.2, 0) is 22.4 Å². The lowest BCUT2D eigenvalue weighted by Gasteiger charge is -2.38. The van der Waals surface area contributed by atoms with Gasteiger partial charge in [0.1, 0.15) is 6.04 Å². The van der Waals surface area contributed by atoms with Crippen LogP contribution in [0.1, 0.15) is 56.1 Å². The molecule has 1 saturated carbocycles. The van der Waals surface area contributed by atoms with Gasteiger partial charge < -0.3 is 15.7 Å². The second kappa shape index (κ2) is 12.5. The molecule has 192 valence electrons. The van der Waals surface area contributed by atoms with Crippen LogP contribution in [0.15, 0.2) is 54.9 Å². The van der Waals surface area contributed by atoms with E-state index >= 15 is 0 Å². The highest BCUT2D eigenvalue weighted by Gasteiger charge is 2.52. The molecule has 4 rings (SSSR count). The fraction of sp³-hybridized carbons (Fsp3) is 0.500. The average molecular weight is 510 g/mol. The zero-order valence-electron chi connectivity index (χ0n) is 20.8. The molecule has 2 amide bonds. The third-order valence-corrected chi connectivity index (χ3v) is 7.75. The quantitative estimate of drug-likeness (QED) is 0.356. The van der Waals surface area contributed by atoms with Crippen LogP contribution in [0.2, 0.25) is 0 Å². The van der Waals surface area contributed by atoms with Crippen LogP contribution in [0, 0.1) is 0 Å². The van der Waals surface area contributed by atoms with Gasteiger partial charge in [0.2, 0.25) is 0 Å². The molecule has 0 bridgehead atoms. The maximum Gasteiger partial charge on any atom is 0.338 e. The Hall–Kier alpha value is -2.68. The first kappa shape index (κ1) is 26.4. The number of benzene rings is 1. The van der Waals surface area contributed by atoms with Crippen LogP contribution in [0.3, 0.4) is 0 Å². The second-order valence-electron chi connectivity index (χ2n) is 10.1. The Morgan fingerprint density at radius 3 is 2.31 bits per heavy atom. The fourth-order valence-corrected chi connectivity index (χ4v) is 5.83. The Balaban J connectivity index is 1.54. The van der Waals surface area contributed by atoms with E-state index < -0.39 is 18.2 Å². The fourth-order valence-electron chi connectivity index (χ4n) is 5.52. The standard InChI is InChI=1S/C28H36N4O3S/c33-26(30-23-11-5-2-6-12-23)28(35)32(17-7-8-18-32)27(34)24(19-21-9-3-1-4-10-21)31-25(36)20-22-13-15-29-16-14-22/h1,3-4,9-10,13-16,23-24,28,35H,2,5-8,11-12,17-20H2,(H-,30,31,33,36)/p+1. The summed E-state index contributed by atoms with van der Waals surface area (Å²) in [5.41, 5.74) is 2.00. The van der Waals surface area contributed by atoms with Crippen LogP contribution in [0.4, 0.5) is 0 Å². The summed E-state index contributed by atoms with van der Waals surface area (Å²) >= 11 is 5.65. The Morgan fingerprint density at radius 2 is 1.64 bits per heavy atom. The van der Waals surface area contributed by atoms with Gasteiger partial charge in [-0.1, -0.05) is 61.8 Å². The number of amides is 2. The maximum atomic E-state index is 14.2. The van der Waals surface area contributed by atoms with Crippen molar-refractivity contribution in [2.75, 3.05) is 13.1 Å². The number of aromatic nitrogens is 1. The lowest BCUT2D eigenvalue weighted by atomic mass is 9.95. The van der Waals surface area contributed by atoms with E-state index in [1.165, 1.54) is 6.42 Å². The van der Waals surface area contributed by atoms with Gasteiger partial charge in [0.25, 0.3) is 6.23 Å². The average Bonchev–Trinajstić information content (AvgIpc) is 3.40. The number of pyridine rings is 1. The number of rotatable bonds is 9. The van der Waals surface area contributed by atoms with Crippen molar-refractivity contribution in [2.45, 2.75) is 76.1 Å². The number of nitrogens with zero attached hydrogens (tertiary/aromatic N) is 2. The maximum absolute atomic E-state index is 14.2.